The highest BCUT2D eigenvalue weighted by atomic mass is 16.4. The number of pyridine rings is 1. The Balaban J connectivity index is 1.67. The first-order valence-electron chi connectivity index (χ1n) is 9.84. The maximum Gasteiger partial charge on any atom is 0.335 e. The zero-order valence-electron chi connectivity index (χ0n) is 17.2. The van der Waals surface area contributed by atoms with E-state index >= 15 is 0 Å². The number of anilines is 2. The van der Waals surface area contributed by atoms with Crippen molar-refractivity contribution in [3.05, 3.63) is 89.9 Å². The largest absolute Gasteiger partial charge is 0.478 e. The molecule has 0 aliphatic carbocycles. The lowest BCUT2D eigenvalue weighted by Gasteiger charge is -2.16. The SMILES string of the molecule is CC(NC(=O)c1c(Nc2ccncc2)c2ccccc2n1C)c1ccc(C(=O)O)cc1. The summed E-state index contributed by atoms with van der Waals surface area (Å²) in [6, 6.07) is 17.7. The number of aromatic nitrogens is 2. The van der Waals surface area contributed by atoms with E-state index in [2.05, 4.69) is 15.6 Å². The lowest BCUT2D eigenvalue weighted by molar-refractivity contribution is 0.0696. The van der Waals surface area contributed by atoms with Gasteiger partial charge in [-0.05, 0) is 42.8 Å². The van der Waals surface area contributed by atoms with E-state index in [-0.39, 0.29) is 17.5 Å². The van der Waals surface area contributed by atoms with E-state index in [4.69, 9.17) is 5.11 Å². The van der Waals surface area contributed by atoms with E-state index in [0.717, 1.165) is 27.8 Å². The molecule has 4 aromatic rings. The molecule has 0 saturated carbocycles. The molecule has 31 heavy (non-hydrogen) atoms. The van der Waals surface area contributed by atoms with Crippen LogP contribution in [0, 0.1) is 0 Å². The molecule has 156 valence electrons. The number of rotatable bonds is 6. The Kier molecular flexibility index (Phi) is 5.41. The first-order chi connectivity index (χ1) is 15.0. The number of carbonyl (C=O) groups is 2. The van der Waals surface area contributed by atoms with Crippen molar-refractivity contribution in [3.63, 3.8) is 0 Å². The van der Waals surface area contributed by atoms with E-state index in [1.807, 2.05) is 54.9 Å². The molecule has 4 rings (SSSR count). The van der Waals surface area contributed by atoms with Gasteiger partial charge in [-0.3, -0.25) is 9.78 Å². The van der Waals surface area contributed by atoms with Crippen LogP contribution in [0.15, 0.2) is 73.1 Å². The smallest absolute Gasteiger partial charge is 0.335 e. The molecule has 0 fully saturated rings. The summed E-state index contributed by atoms with van der Waals surface area (Å²) in [7, 11) is 1.86. The van der Waals surface area contributed by atoms with Gasteiger partial charge in [-0.1, -0.05) is 30.3 Å². The third-order valence-electron chi connectivity index (χ3n) is 5.28. The number of benzene rings is 2. The Hall–Kier alpha value is -4.13. The molecule has 1 atom stereocenters. The van der Waals surface area contributed by atoms with Gasteiger partial charge < -0.3 is 20.3 Å². The van der Waals surface area contributed by atoms with Crippen LogP contribution in [0.2, 0.25) is 0 Å². The number of hydrogen-bond donors (Lipinski definition) is 3. The topological polar surface area (TPSA) is 96.3 Å². The summed E-state index contributed by atoms with van der Waals surface area (Å²) in [6.07, 6.45) is 3.38. The van der Waals surface area contributed by atoms with E-state index in [9.17, 15) is 9.59 Å². The average molecular weight is 414 g/mol. The maximum atomic E-state index is 13.3. The van der Waals surface area contributed by atoms with Crippen LogP contribution in [0.1, 0.15) is 39.4 Å². The summed E-state index contributed by atoms with van der Waals surface area (Å²) < 4.78 is 1.87. The van der Waals surface area contributed by atoms with Crippen LogP contribution >= 0.6 is 0 Å². The van der Waals surface area contributed by atoms with Gasteiger partial charge in [0.15, 0.2) is 0 Å². The molecule has 3 N–H and O–H groups in total. The number of aryl methyl sites for hydroxylation is 1. The highest BCUT2D eigenvalue weighted by Gasteiger charge is 2.23. The van der Waals surface area contributed by atoms with E-state index < -0.39 is 5.97 Å². The first-order valence-corrected chi connectivity index (χ1v) is 9.84. The fourth-order valence-corrected chi connectivity index (χ4v) is 3.63. The van der Waals surface area contributed by atoms with Crippen molar-refractivity contribution in [2.24, 2.45) is 7.05 Å². The number of aromatic carboxylic acids is 1. The molecule has 0 aliphatic rings. The first kappa shape index (κ1) is 20.2. The number of para-hydroxylation sites is 1. The van der Waals surface area contributed by atoms with Crippen LogP contribution in [0.25, 0.3) is 10.9 Å². The summed E-state index contributed by atoms with van der Waals surface area (Å²) in [5.74, 6) is -1.21. The van der Waals surface area contributed by atoms with Crippen molar-refractivity contribution in [2.45, 2.75) is 13.0 Å². The number of carboxylic acid groups (broad SMARTS) is 1. The third-order valence-corrected chi connectivity index (χ3v) is 5.28. The fraction of sp³-hybridized carbons (Fsp3) is 0.125. The second-order valence-electron chi connectivity index (χ2n) is 7.28. The van der Waals surface area contributed by atoms with Gasteiger partial charge in [-0.2, -0.15) is 0 Å². The summed E-state index contributed by atoms with van der Waals surface area (Å²) in [6.45, 7) is 1.87. The normalized spacial score (nSPS) is 11.8. The molecule has 0 spiro atoms. The summed E-state index contributed by atoms with van der Waals surface area (Å²) in [5, 5.41) is 16.4. The maximum absolute atomic E-state index is 13.3. The van der Waals surface area contributed by atoms with Crippen LogP contribution in [0.3, 0.4) is 0 Å². The summed E-state index contributed by atoms with van der Waals surface area (Å²) in [4.78, 5) is 28.4. The minimum Gasteiger partial charge on any atom is -0.478 e. The number of carboxylic acids is 1. The van der Waals surface area contributed by atoms with Crippen molar-refractivity contribution < 1.29 is 14.7 Å². The molecular weight excluding hydrogens is 392 g/mol. The molecule has 1 unspecified atom stereocenters. The minimum absolute atomic E-state index is 0.208. The number of carbonyl (C=O) groups excluding carboxylic acids is 1. The fourth-order valence-electron chi connectivity index (χ4n) is 3.63. The minimum atomic E-state index is -0.981. The zero-order chi connectivity index (χ0) is 22.0. The molecule has 0 bridgehead atoms. The standard InChI is InChI=1S/C24H22N4O3/c1-15(16-7-9-17(10-8-16)24(30)31)26-23(29)22-21(27-18-11-13-25-14-12-18)19-5-3-4-6-20(19)28(22)2/h3-15H,1-2H3,(H,25,27)(H,26,29)(H,30,31). The highest BCUT2D eigenvalue weighted by molar-refractivity contribution is 6.09. The monoisotopic (exact) mass is 414 g/mol. The lowest BCUT2D eigenvalue weighted by atomic mass is 10.1. The van der Waals surface area contributed by atoms with Crippen molar-refractivity contribution in [2.75, 3.05) is 5.32 Å². The van der Waals surface area contributed by atoms with E-state index in [1.165, 1.54) is 12.1 Å². The second-order valence-corrected chi connectivity index (χ2v) is 7.28. The predicted octanol–water partition coefficient (Wildman–Crippen LogP) is 4.51. The van der Waals surface area contributed by atoms with Crippen molar-refractivity contribution in [1.29, 1.82) is 0 Å². The highest BCUT2D eigenvalue weighted by Crippen LogP contribution is 2.33. The molecule has 1 amide bonds. The van der Waals surface area contributed by atoms with E-state index in [0.29, 0.717) is 5.69 Å². The molecule has 0 radical (unpaired) electrons. The Morgan fingerprint density at radius 3 is 2.35 bits per heavy atom. The Labute approximate surface area is 179 Å². The quantitative estimate of drug-likeness (QED) is 0.431. The molecule has 2 aromatic carbocycles. The van der Waals surface area contributed by atoms with Gasteiger partial charge in [0.2, 0.25) is 0 Å². The Morgan fingerprint density at radius 1 is 1.00 bits per heavy atom. The molecule has 2 aromatic heterocycles. The van der Waals surface area contributed by atoms with Gasteiger partial charge in [-0.15, -0.1) is 0 Å². The second kappa shape index (κ2) is 8.31. The van der Waals surface area contributed by atoms with Gasteiger partial charge in [0.1, 0.15) is 5.69 Å². The van der Waals surface area contributed by atoms with Gasteiger partial charge in [-0.25, -0.2) is 4.79 Å². The summed E-state index contributed by atoms with van der Waals surface area (Å²) >= 11 is 0. The lowest BCUT2D eigenvalue weighted by Crippen LogP contribution is -2.29. The summed E-state index contributed by atoms with van der Waals surface area (Å²) in [5.41, 5.74) is 4.02. The van der Waals surface area contributed by atoms with E-state index in [1.54, 1.807) is 24.5 Å². The zero-order valence-corrected chi connectivity index (χ0v) is 17.2. The molecule has 7 nitrogen and oxygen atoms in total. The molecule has 0 saturated heterocycles. The average Bonchev–Trinajstić information content (AvgIpc) is 3.06. The number of amides is 1. The molecule has 2 heterocycles. The molecule has 7 heteroatoms. The third kappa shape index (κ3) is 3.98. The van der Waals surface area contributed by atoms with Crippen molar-refractivity contribution in [3.8, 4) is 0 Å². The number of hydrogen-bond acceptors (Lipinski definition) is 4. The molecule has 0 aliphatic heterocycles. The van der Waals surface area contributed by atoms with Crippen LogP contribution < -0.4 is 10.6 Å². The number of nitrogens with zero attached hydrogens (tertiary/aromatic N) is 2. The Morgan fingerprint density at radius 2 is 1.68 bits per heavy atom. The van der Waals surface area contributed by atoms with Gasteiger partial charge in [0.25, 0.3) is 5.91 Å². The van der Waals surface area contributed by atoms with Crippen molar-refractivity contribution in [1.82, 2.24) is 14.9 Å². The van der Waals surface area contributed by atoms with Crippen LogP contribution in [-0.2, 0) is 7.05 Å². The van der Waals surface area contributed by atoms with Crippen molar-refractivity contribution >= 4 is 34.2 Å². The van der Waals surface area contributed by atoms with Crippen LogP contribution in [-0.4, -0.2) is 26.5 Å². The van der Waals surface area contributed by atoms with Gasteiger partial charge in [0, 0.05) is 30.5 Å². The number of fused-ring (bicyclic) bond motifs is 1. The predicted molar refractivity (Wildman–Crippen MR) is 120 cm³/mol. The van der Waals surface area contributed by atoms with Gasteiger partial charge in [0.05, 0.1) is 22.8 Å². The van der Waals surface area contributed by atoms with Crippen LogP contribution in [0.5, 0.6) is 0 Å². The molecular formula is C24H22N4O3. The Bertz CT molecular complexity index is 1250. The number of nitrogens with one attached hydrogen (secondary N) is 2. The van der Waals surface area contributed by atoms with Crippen LogP contribution in [0.4, 0.5) is 11.4 Å². The van der Waals surface area contributed by atoms with Gasteiger partial charge >= 0.3 is 5.97 Å².